The highest BCUT2D eigenvalue weighted by Gasteiger charge is 2.23. The topological polar surface area (TPSA) is 40.6 Å². The molecule has 0 fully saturated rings. The average Bonchev–Trinajstić information content (AvgIpc) is 3.28. The number of rotatable bonds is 9. The van der Waals surface area contributed by atoms with Gasteiger partial charge in [0.05, 0.1) is 6.54 Å². The minimum Gasteiger partial charge on any atom is -0.332 e. The molecule has 1 aromatic heterocycles. The molecule has 0 saturated heterocycles. The Hall–Kier alpha value is -3.77. The molecule has 0 aliphatic rings. The van der Waals surface area contributed by atoms with E-state index in [9.17, 15) is 14.0 Å². The minimum absolute atomic E-state index is 0.0801. The van der Waals surface area contributed by atoms with Crippen molar-refractivity contribution in [2.45, 2.75) is 20.0 Å². The highest BCUT2D eigenvalue weighted by molar-refractivity contribution is 7.10. The van der Waals surface area contributed by atoms with Crippen LogP contribution in [0.3, 0.4) is 0 Å². The number of thiophene rings is 1. The summed E-state index contributed by atoms with van der Waals surface area (Å²) in [6.07, 6.45) is 1.62. The van der Waals surface area contributed by atoms with Crippen LogP contribution in [-0.4, -0.2) is 34.7 Å². The highest BCUT2D eigenvalue weighted by Crippen LogP contribution is 2.21. The van der Waals surface area contributed by atoms with Gasteiger partial charge in [-0.2, -0.15) is 0 Å². The van der Waals surface area contributed by atoms with Gasteiger partial charge in [0, 0.05) is 23.5 Å². The van der Waals surface area contributed by atoms with E-state index >= 15 is 0 Å². The Morgan fingerprint density at radius 3 is 2.37 bits per heavy atom. The Morgan fingerprint density at radius 1 is 0.943 bits per heavy atom. The van der Waals surface area contributed by atoms with Crippen LogP contribution in [0.1, 0.15) is 26.4 Å². The Labute approximate surface area is 208 Å². The zero-order chi connectivity index (χ0) is 24.8. The van der Waals surface area contributed by atoms with Crippen LogP contribution in [0.4, 0.5) is 4.39 Å². The maximum Gasteiger partial charge on any atom is 0.254 e. The Balaban J connectivity index is 1.56. The van der Waals surface area contributed by atoms with Gasteiger partial charge in [-0.15, -0.1) is 17.9 Å². The number of aryl methyl sites for hydroxylation is 1. The summed E-state index contributed by atoms with van der Waals surface area (Å²) >= 11 is 1.59. The van der Waals surface area contributed by atoms with E-state index in [1.807, 2.05) is 54.8 Å². The summed E-state index contributed by atoms with van der Waals surface area (Å²) in [5, 5.41) is 4.01. The summed E-state index contributed by atoms with van der Waals surface area (Å²) in [4.78, 5) is 31.2. The molecule has 0 radical (unpaired) electrons. The second kappa shape index (κ2) is 11.1. The summed E-state index contributed by atoms with van der Waals surface area (Å²) in [5.74, 6) is -0.727. The van der Waals surface area contributed by atoms with Gasteiger partial charge in [0.25, 0.3) is 5.91 Å². The lowest BCUT2D eigenvalue weighted by molar-refractivity contribution is -0.133. The van der Waals surface area contributed by atoms with E-state index in [0.29, 0.717) is 18.7 Å². The van der Waals surface area contributed by atoms with Crippen molar-refractivity contribution in [2.24, 2.45) is 0 Å². The van der Waals surface area contributed by atoms with E-state index in [-0.39, 0.29) is 30.7 Å². The van der Waals surface area contributed by atoms with E-state index in [4.69, 9.17) is 0 Å². The second-order valence-electron chi connectivity index (χ2n) is 8.44. The molecule has 35 heavy (non-hydrogen) atoms. The van der Waals surface area contributed by atoms with Gasteiger partial charge in [0.15, 0.2) is 0 Å². The number of amides is 2. The molecule has 0 aliphatic carbocycles. The molecule has 3 aromatic carbocycles. The summed E-state index contributed by atoms with van der Waals surface area (Å²) in [6.45, 7) is 6.70. The molecule has 0 atom stereocenters. The van der Waals surface area contributed by atoms with E-state index in [1.165, 1.54) is 17.0 Å². The molecule has 4 rings (SSSR count). The van der Waals surface area contributed by atoms with Crippen molar-refractivity contribution in [1.82, 2.24) is 9.80 Å². The van der Waals surface area contributed by atoms with Gasteiger partial charge in [0.2, 0.25) is 5.91 Å². The van der Waals surface area contributed by atoms with Crippen molar-refractivity contribution in [1.29, 1.82) is 0 Å². The molecule has 0 saturated carbocycles. The Morgan fingerprint density at radius 2 is 1.69 bits per heavy atom. The molecule has 0 spiro atoms. The van der Waals surface area contributed by atoms with Crippen molar-refractivity contribution in [2.75, 3.05) is 13.1 Å². The van der Waals surface area contributed by atoms with Crippen LogP contribution in [0.15, 0.2) is 90.8 Å². The minimum atomic E-state index is -0.320. The average molecular weight is 487 g/mol. The van der Waals surface area contributed by atoms with Crippen LogP contribution < -0.4 is 0 Å². The van der Waals surface area contributed by atoms with Crippen molar-refractivity contribution >= 4 is 33.9 Å². The molecular weight excluding hydrogens is 459 g/mol. The highest BCUT2D eigenvalue weighted by atomic mass is 32.1. The maximum atomic E-state index is 13.5. The third-order valence-corrected chi connectivity index (χ3v) is 6.91. The van der Waals surface area contributed by atoms with Gasteiger partial charge in [0.1, 0.15) is 12.4 Å². The maximum absolute atomic E-state index is 13.5. The smallest absolute Gasteiger partial charge is 0.254 e. The lowest BCUT2D eigenvalue weighted by atomic mass is 10.1. The van der Waals surface area contributed by atoms with E-state index in [0.717, 1.165) is 26.8 Å². The summed E-state index contributed by atoms with van der Waals surface area (Å²) < 4.78 is 13.4. The van der Waals surface area contributed by atoms with E-state index < -0.39 is 0 Å². The van der Waals surface area contributed by atoms with Gasteiger partial charge < -0.3 is 9.80 Å². The number of carbonyl (C=O) groups is 2. The molecule has 1 heterocycles. The van der Waals surface area contributed by atoms with Crippen LogP contribution in [0, 0.1) is 12.7 Å². The van der Waals surface area contributed by atoms with Crippen LogP contribution in [0.25, 0.3) is 10.8 Å². The fourth-order valence-electron chi connectivity index (χ4n) is 3.93. The first-order valence-electron chi connectivity index (χ1n) is 11.4. The summed E-state index contributed by atoms with van der Waals surface area (Å²) in [6, 6.07) is 21.6. The fourth-order valence-corrected chi connectivity index (χ4v) is 4.85. The zero-order valence-electron chi connectivity index (χ0n) is 19.6. The van der Waals surface area contributed by atoms with Crippen molar-refractivity contribution in [3.05, 3.63) is 118 Å². The first-order chi connectivity index (χ1) is 16.9. The number of hydrogen-bond donors (Lipinski definition) is 0. The lowest BCUT2D eigenvalue weighted by Gasteiger charge is -2.27. The largest absolute Gasteiger partial charge is 0.332 e. The Bertz CT molecular complexity index is 1350. The predicted molar refractivity (Wildman–Crippen MR) is 140 cm³/mol. The molecule has 4 nitrogen and oxygen atoms in total. The molecule has 4 aromatic rings. The third kappa shape index (κ3) is 6.03. The van der Waals surface area contributed by atoms with Gasteiger partial charge in [-0.05, 0) is 64.5 Å². The SMILES string of the molecule is C=CCN(CC(=O)N(Cc1ccc(F)cc1)Cc1sccc1C)C(=O)c1ccc2ccccc2c1. The van der Waals surface area contributed by atoms with Crippen LogP contribution >= 0.6 is 11.3 Å². The molecule has 0 unspecified atom stereocenters. The number of benzene rings is 3. The molecule has 6 heteroatoms. The second-order valence-corrected chi connectivity index (χ2v) is 9.44. The van der Waals surface area contributed by atoms with Crippen molar-refractivity contribution in [3.63, 3.8) is 0 Å². The number of hydrogen-bond acceptors (Lipinski definition) is 3. The van der Waals surface area contributed by atoms with Crippen molar-refractivity contribution < 1.29 is 14.0 Å². The molecule has 178 valence electrons. The monoisotopic (exact) mass is 486 g/mol. The first-order valence-corrected chi connectivity index (χ1v) is 12.3. The molecule has 2 amide bonds. The van der Waals surface area contributed by atoms with E-state index in [1.54, 1.807) is 40.5 Å². The number of fused-ring (bicyclic) bond motifs is 1. The van der Waals surface area contributed by atoms with Gasteiger partial charge in [-0.3, -0.25) is 9.59 Å². The molecule has 0 bridgehead atoms. The Kier molecular flexibility index (Phi) is 7.73. The van der Waals surface area contributed by atoms with Crippen LogP contribution in [0.5, 0.6) is 0 Å². The lowest BCUT2D eigenvalue weighted by Crippen LogP contribution is -2.42. The van der Waals surface area contributed by atoms with Gasteiger partial charge >= 0.3 is 0 Å². The van der Waals surface area contributed by atoms with Gasteiger partial charge in [-0.1, -0.05) is 48.5 Å². The number of nitrogens with zero attached hydrogens (tertiary/aromatic N) is 2. The molecular formula is C29H27FN2O2S. The molecule has 0 N–H and O–H groups in total. The third-order valence-electron chi connectivity index (χ3n) is 5.90. The van der Waals surface area contributed by atoms with Crippen molar-refractivity contribution in [3.8, 4) is 0 Å². The number of carbonyl (C=O) groups excluding carboxylic acids is 2. The molecule has 0 aliphatic heterocycles. The first kappa shape index (κ1) is 24.4. The fraction of sp³-hybridized carbons (Fsp3) is 0.172. The quantitative estimate of drug-likeness (QED) is 0.264. The predicted octanol–water partition coefficient (Wildman–Crippen LogP) is 6.21. The summed E-state index contributed by atoms with van der Waals surface area (Å²) in [5.41, 5.74) is 2.46. The number of halogens is 1. The standard InChI is InChI=1S/C29H27FN2O2S/c1-3-15-31(29(34)25-11-10-23-6-4-5-7-24(23)17-25)20-28(33)32(19-27-21(2)14-16-35-27)18-22-8-12-26(30)13-9-22/h3-14,16-17H,1,15,18-20H2,2H3. The van der Waals surface area contributed by atoms with E-state index in [2.05, 4.69) is 6.58 Å². The summed E-state index contributed by atoms with van der Waals surface area (Å²) in [7, 11) is 0. The van der Waals surface area contributed by atoms with Gasteiger partial charge in [-0.25, -0.2) is 4.39 Å². The van der Waals surface area contributed by atoms with Crippen LogP contribution in [-0.2, 0) is 17.9 Å². The van der Waals surface area contributed by atoms with Crippen LogP contribution in [0.2, 0.25) is 0 Å². The zero-order valence-corrected chi connectivity index (χ0v) is 20.4. The normalized spacial score (nSPS) is 10.8.